The molecule has 1 amide bonds. The van der Waals surface area contributed by atoms with Crippen molar-refractivity contribution in [2.45, 2.75) is 24.8 Å². The Hall–Kier alpha value is -3.23. The molecular formula is C25H25ClN2O5S. The zero-order valence-corrected chi connectivity index (χ0v) is 20.4. The number of hydrogen-bond donors (Lipinski definition) is 1. The summed E-state index contributed by atoms with van der Waals surface area (Å²) >= 11 is 5.92. The summed E-state index contributed by atoms with van der Waals surface area (Å²) in [4.78, 5) is 12.9. The molecule has 178 valence electrons. The Bertz CT molecular complexity index is 1270. The van der Waals surface area contributed by atoms with Gasteiger partial charge in [-0.2, -0.15) is 0 Å². The van der Waals surface area contributed by atoms with Crippen molar-refractivity contribution in [3.63, 3.8) is 0 Å². The highest BCUT2D eigenvalue weighted by Crippen LogP contribution is 2.36. The van der Waals surface area contributed by atoms with Crippen molar-refractivity contribution in [1.29, 1.82) is 0 Å². The molecule has 0 spiro atoms. The second-order valence-corrected chi connectivity index (χ2v) is 10.3. The molecule has 4 rings (SSSR count). The number of sulfonamides is 1. The number of nitrogens with one attached hydrogen (secondary N) is 1. The maximum Gasteiger partial charge on any atom is 0.264 e. The molecule has 0 radical (unpaired) electrons. The van der Waals surface area contributed by atoms with E-state index in [-0.39, 0.29) is 24.6 Å². The molecule has 34 heavy (non-hydrogen) atoms. The highest BCUT2D eigenvalue weighted by molar-refractivity contribution is 7.92. The number of carbonyl (C=O) groups excluding carboxylic acids is 1. The Kier molecular flexibility index (Phi) is 7.00. The first-order valence-corrected chi connectivity index (χ1v) is 12.6. The van der Waals surface area contributed by atoms with Gasteiger partial charge in [0.1, 0.15) is 18.1 Å². The van der Waals surface area contributed by atoms with E-state index < -0.39 is 22.0 Å². The van der Waals surface area contributed by atoms with Gasteiger partial charge in [0.15, 0.2) is 6.10 Å². The lowest BCUT2D eigenvalue weighted by atomic mass is 10.1. The Morgan fingerprint density at radius 1 is 1.09 bits per heavy atom. The minimum atomic E-state index is -3.94. The Morgan fingerprint density at radius 2 is 1.76 bits per heavy atom. The molecule has 0 fully saturated rings. The van der Waals surface area contributed by atoms with Gasteiger partial charge in [0.05, 0.1) is 23.7 Å². The van der Waals surface area contributed by atoms with E-state index in [4.69, 9.17) is 21.1 Å². The lowest BCUT2D eigenvalue weighted by molar-refractivity contribution is -0.127. The maximum absolute atomic E-state index is 13.4. The van der Waals surface area contributed by atoms with Crippen LogP contribution in [0.25, 0.3) is 0 Å². The minimum Gasteiger partial charge on any atom is -0.492 e. The van der Waals surface area contributed by atoms with Gasteiger partial charge in [0.25, 0.3) is 15.9 Å². The van der Waals surface area contributed by atoms with Gasteiger partial charge in [-0.1, -0.05) is 29.8 Å². The molecule has 0 saturated heterocycles. The van der Waals surface area contributed by atoms with Gasteiger partial charge in [0.2, 0.25) is 0 Å². The van der Waals surface area contributed by atoms with Crippen LogP contribution in [0, 0.1) is 13.8 Å². The number of hydrogen-bond acceptors (Lipinski definition) is 5. The van der Waals surface area contributed by atoms with E-state index in [9.17, 15) is 13.2 Å². The third kappa shape index (κ3) is 5.29. The predicted molar refractivity (Wildman–Crippen MR) is 131 cm³/mol. The zero-order valence-electron chi connectivity index (χ0n) is 18.8. The van der Waals surface area contributed by atoms with Crippen LogP contribution in [0.2, 0.25) is 5.02 Å². The van der Waals surface area contributed by atoms with Gasteiger partial charge in [-0.05, 0) is 73.5 Å². The van der Waals surface area contributed by atoms with Crippen molar-refractivity contribution >= 4 is 33.2 Å². The molecule has 1 N–H and O–H groups in total. The lowest BCUT2D eigenvalue weighted by Crippen LogP contribution is -2.51. The average Bonchev–Trinajstić information content (AvgIpc) is 2.80. The van der Waals surface area contributed by atoms with Crippen LogP contribution in [0.5, 0.6) is 11.5 Å². The normalized spacial score (nSPS) is 15.3. The third-order valence-electron chi connectivity index (χ3n) is 5.29. The molecule has 3 aromatic rings. The van der Waals surface area contributed by atoms with Crippen molar-refractivity contribution in [3.8, 4) is 11.5 Å². The summed E-state index contributed by atoms with van der Waals surface area (Å²) in [6.07, 6.45) is -1.02. The fraction of sp³-hybridized carbons (Fsp3) is 0.240. The number of fused-ring (bicyclic) bond motifs is 1. The summed E-state index contributed by atoms with van der Waals surface area (Å²) in [6.45, 7) is 4.33. The van der Waals surface area contributed by atoms with Crippen molar-refractivity contribution in [2.24, 2.45) is 0 Å². The van der Waals surface area contributed by atoms with Gasteiger partial charge in [0, 0.05) is 5.02 Å². The number of rotatable bonds is 7. The number of ether oxygens (including phenoxy) is 2. The molecule has 9 heteroatoms. The van der Waals surface area contributed by atoms with Gasteiger partial charge >= 0.3 is 0 Å². The van der Waals surface area contributed by atoms with E-state index in [1.54, 1.807) is 24.3 Å². The molecule has 7 nitrogen and oxygen atoms in total. The van der Waals surface area contributed by atoms with Gasteiger partial charge in [-0.3, -0.25) is 9.10 Å². The maximum atomic E-state index is 13.4. The van der Waals surface area contributed by atoms with Gasteiger partial charge in [-0.25, -0.2) is 8.42 Å². The molecule has 1 heterocycles. The smallest absolute Gasteiger partial charge is 0.264 e. The highest BCUT2D eigenvalue weighted by atomic mass is 35.5. The fourth-order valence-corrected chi connectivity index (χ4v) is 5.38. The molecule has 0 unspecified atom stereocenters. The number of amides is 1. The summed E-state index contributed by atoms with van der Waals surface area (Å²) in [6, 6.07) is 18.5. The predicted octanol–water partition coefficient (Wildman–Crippen LogP) is 4.11. The van der Waals surface area contributed by atoms with Crippen LogP contribution in [0.1, 0.15) is 11.1 Å². The standard InChI is InChI=1S/C25H25ClN2O5S/c1-17-13-18(2)15-20(14-17)32-12-11-27-25(29)24-16-28(22-5-3-4-6-23(22)33-24)34(30,31)21-9-7-19(26)8-10-21/h3-10,13-15,24H,11-12,16H2,1-2H3,(H,27,29)/t24-/m0/s1. The lowest BCUT2D eigenvalue weighted by Gasteiger charge is -2.34. The average molecular weight is 501 g/mol. The quantitative estimate of drug-likeness (QED) is 0.493. The topological polar surface area (TPSA) is 84.9 Å². The fourth-order valence-electron chi connectivity index (χ4n) is 3.77. The number of anilines is 1. The van der Waals surface area contributed by atoms with Crippen LogP contribution in [-0.4, -0.2) is 40.1 Å². The summed E-state index contributed by atoms with van der Waals surface area (Å²) in [5.74, 6) is 0.627. The monoisotopic (exact) mass is 500 g/mol. The third-order valence-corrected chi connectivity index (χ3v) is 7.34. The number of nitrogens with zero attached hydrogens (tertiary/aromatic N) is 1. The van der Waals surface area contributed by atoms with Crippen LogP contribution in [0.15, 0.2) is 71.6 Å². The van der Waals surface area contributed by atoms with Crippen LogP contribution in [0.4, 0.5) is 5.69 Å². The SMILES string of the molecule is Cc1cc(C)cc(OCCNC(=O)[C@@H]2CN(S(=O)(=O)c3ccc(Cl)cc3)c3ccccc3O2)c1. The molecule has 0 saturated carbocycles. The Labute approximate surface area is 204 Å². The molecule has 0 bridgehead atoms. The highest BCUT2D eigenvalue weighted by Gasteiger charge is 2.37. The molecule has 1 aliphatic rings. The summed E-state index contributed by atoms with van der Waals surface area (Å²) in [5, 5.41) is 3.21. The number of benzene rings is 3. The number of halogens is 1. The first kappa shape index (κ1) is 23.9. The Balaban J connectivity index is 1.45. The van der Waals surface area contributed by atoms with Crippen LogP contribution < -0.4 is 19.1 Å². The van der Waals surface area contributed by atoms with E-state index in [2.05, 4.69) is 11.4 Å². The summed E-state index contributed by atoms with van der Waals surface area (Å²) in [5.41, 5.74) is 2.56. The Morgan fingerprint density at radius 3 is 2.47 bits per heavy atom. The molecule has 1 aliphatic heterocycles. The summed E-state index contributed by atoms with van der Waals surface area (Å²) < 4.78 is 39.5. The zero-order chi connectivity index (χ0) is 24.3. The van der Waals surface area contributed by atoms with E-state index in [0.717, 1.165) is 16.9 Å². The van der Waals surface area contributed by atoms with E-state index in [1.807, 2.05) is 26.0 Å². The van der Waals surface area contributed by atoms with Gasteiger partial charge < -0.3 is 14.8 Å². The van der Waals surface area contributed by atoms with E-state index >= 15 is 0 Å². The number of para-hydroxylation sites is 2. The van der Waals surface area contributed by atoms with Gasteiger partial charge in [-0.15, -0.1) is 0 Å². The molecule has 0 aliphatic carbocycles. The van der Waals surface area contributed by atoms with Crippen molar-refractivity contribution < 1.29 is 22.7 Å². The van der Waals surface area contributed by atoms with Crippen LogP contribution >= 0.6 is 11.6 Å². The summed E-state index contributed by atoms with van der Waals surface area (Å²) in [7, 11) is -3.94. The number of carbonyl (C=O) groups is 1. The first-order valence-electron chi connectivity index (χ1n) is 10.8. The van der Waals surface area contributed by atoms with Crippen molar-refractivity contribution in [3.05, 3.63) is 82.9 Å². The second kappa shape index (κ2) is 9.95. The molecular weight excluding hydrogens is 476 g/mol. The van der Waals surface area contributed by atoms with Crippen molar-refractivity contribution in [1.82, 2.24) is 5.32 Å². The largest absolute Gasteiger partial charge is 0.492 e. The molecule has 3 aromatic carbocycles. The first-order chi connectivity index (χ1) is 16.2. The van der Waals surface area contributed by atoms with Crippen LogP contribution in [-0.2, 0) is 14.8 Å². The second-order valence-electron chi connectivity index (χ2n) is 8.03. The molecule has 1 atom stereocenters. The number of aryl methyl sites for hydroxylation is 2. The van der Waals surface area contributed by atoms with E-state index in [0.29, 0.717) is 16.5 Å². The van der Waals surface area contributed by atoms with Crippen LogP contribution in [0.3, 0.4) is 0 Å². The van der Waals surface area contributed by atoms with E-state index in [1.165, 1.54) is 28.6 Å². The molecule has 0 aromatic heterocycles. The van der Waals surface area contributed by atoms with Crippen molar-refractivity contribution in [2.75, 3.05) is 24.0 Å². The minimum absolute atomic E-state index is 0.0783.